The van der Waals surface area contributed by atoms with E-state index in [9.17, 15) is 0 Å². The first kappa shape index (κ1) is 12.7. The number of pyridine rings is 1. The summed E-state index contributed by atoms with van der Waals surface area (Å²) in [5.74, 6) is 0. The van der Waals surface area contributed by atoms with Gasteiger partial charge in [-0.15, -0.1) is 0 Å². The molecule has 0 saturated heterocycles. The standard InChI is InChI=1S/C15H18ClN3/c1-9-7-13(16)15(12-3-2-6-18-14(9)12)19-11-5-4-10(17)8-11/h2-3,6-7,10-11,19H,4-5,8,17H2,1H3. The second-order valence-electron chi connectivity index (χ2n) is 5.36. The molecular weight excluding hydrogens is 258 g/mol. The molecule has 0 bridgehead atoms. The van der Waals surface area contributed by atoms with Crippen LogP contribution in [-0.2, 0) is 0 Å². The van der Waals surface area contributed by atoms with Crippen LogP contribution in [0.5, 0.6) is 0 Å². The summed E-state index contributed by atoms with van der Waals surface area (Å²) in [4.78, 5) is 4.45. The van der Waals surface area contributed by atoms with Crippen LogP contribution >= 0.6 is 11.6 Å². The average Bonchev–Trinajstić information content (AvgIpc) is 2.80. The lowest BCUT2D eigenvalue weighted by Gasteiger charge is -2.18. The Balaban J connectivity index is 2.02. The van der Waals surface area contributed by atoms with Gasteiger partial charge < -0.3 is 11.1 Å². The second kappa shape index (κ2) is 4.99. The Morgan fingerprint density at radius 2 is 2.26 bits per heavy atom. The van der Waals surface area contributed by atoms with E-state index >= 15 is 0 Å². The van der Waals surface area contributed by atoms with Crippen molar-refractivity contribution in [2.24, 2.45) is 5.73 Å². The number of rotatable bonds is 2. The molecule has 2 aromatic rings. The van der Waals surface area contributed by atoms with Crippen LogP contribution in [0.25, 0.3) is 10.9 Å². The quantitative estimate of drug-likeness (QED) is 0.882. The first-order valence-electron chi connectivity index (χ1n) is 6.71. The lowest BCUT2D eigenvalue weighted by Crippen LogP contribution is -2.21. The highest BCUT2D eigenvalue weighted by Crippen LogP contribution is 2.34. The van der Waals surface area contributed by atoms with E-state index in [2.05, 4.69) is 16.4 Å². The number of nitrogens with one attached hydrogen (secondary N) is 1. The van der Waals surface area contributed by atoms with E-state index < -0.39 is 0 Å². The highest BCUT2D eigenvalue weighted by molar-refractivity contribution is 6.35. The largest absolute Gasteiger partial charge is 0.380 e. The number of halogens is 1. The Bertz CT molecular complexity index is 612. The molecule has 100 valence electrons. The maximum absolute atomic E-state index is 6.40. The van der Waals surface area contributed by atoms with Crippen molar-refractivity contribution in [2.75, 3.05) is 5.32 Å². The highest BCUT2D eigenvalue weighted by atomic mass is 35.5. The van der Waals surface area contributed by atoms with E-state index in [4.69, 9.17) is 17.3 Å². The van der Waals surface area contributed by atoms with Gasteiger partial charge in [-0.25, -0.2) is 0 Å². The van der Waals surface area contributed by atoms with Crippen molar-refractivity contribution >= 4 is 28.2 Å². The Labute approximate surface area is 118 Å². The van der Waals surface area contributed by atoms with Crippen LogP contribution in [0.2, 0.25) is 5.02 Å². The minimum atomic E-state index is 0.311. The molecular formula is C15H18ClN3. The minimum absolute atomic E-state index is 0.311. The Morgan fingerprint density at radius 1 is 1.42 bits per heavy atom. The van der Waals surface area contributed by atoms with Crippen LogP contribution in [0.3, 0.4) is 0 Å². The van der Waals surface area contributed by atoms with Gasteiger partial charge >= 0.3 is 0 Å². The first-order chi connectivity index (χ1) is 9.15. The van der Waals surface area contributed by atoms with Gasteiger partial charge in [0.15, 0.2) is 0 Å². The molecule has 1 aliphatic rings. The molecule has 19 heavy (non-hydrogen) atoms. The van der Waals surface area contributed by atoms with Crippen molar-refractivity contribution in [2.45, 2.75) is 38.3 Å². The van der Waals surface area contributed by atoms with E-state index in [1.54, 1.807) is 0 Å². The fraction of sp³-hybridized carbons (Fsp3) is 0.400. The normalized spacial score (nSPS) is 22.9. The lowest BCUT2D eigenvalue weighted by molar-refractivity contribution is 0.688. The summed E-state index contributed by atoms with van der Waals surface area (Å²) in [6, 6.07) is 6.72. The van der Waals surface area contributed by atoms with Gasteiger partial charge in [0.1, 0.15) is 0 Å². The number of aromatic nitrogens is 1. The molecule has 0 aliphatic heterocycles. The predicted molar refractivity (Wildman–Crippen MR) is 80.7 cm³/mol. The van der Waals surface area contributed by atoms with E-state index in [0.29, 0.717) is 12.1 Å². The van der Waals surface area contributed by atoms with Gasteiger partial charge in [-0.2, -0.15) is 0 Å². The van der Waals surface area contributed by atoms with Crippen molar-refractivity contribution in [3.63, 3.8) is 0 Å². The van der Waals surface area contributed by atoms with Gasteiger partial charge in [0.05, 0.1) is 16.2 Å². The zero-order valence-corrected chi connectivity index (χ0v) is 11.7. The molecule has 1 heterocycles. The van der Waals surface area contributed by atoms with Crippen molar-refractivity contribution in [3.8, 4) is 0 Å². The van der Waals surface area contributed by atoms with Gasteiger partial charge in [-0.1, -0.05) is 11.6 Å². The molecule has 1 fully saturated rings. The Hall–Kier alpha value is -1.32. The fourth-order valence-electron chi connectivity index (χ4n) is 2.88. The predicted octanol–water partition coefficient (Wildman–Crippen LogP) is 3.49. The monoisotopic (exact) mass is 275 g/mol. The summed E-state index contributed by atoms with van der Waals surface area (Å²) < 4.78 is 0. The van der Waals surface area contributed by atoms with E-state index in [-0.39, 0.29) is 0 Å². The number of hydrogen-bond acceptors (Lipinski definition) is 3. The molecule has 4 heteroatoms. The number of fused-ring (bicyclic) bond motifs is 1. The van der Waals surface area contributed by atoms with Gasteiger partial charge in [0.2, 0.25) is 0 Å². The van der Waals surface area contributed by atoms with E-state index in [1.165, 1.54) is 0 Å². The molecule has 1 aromatic carbocycles. The molecule has 3 N–H and O–H groups in total. The third-order valence-electron chi connectivity index (χ3n) is 3.85. The summed E-state index contributed by atoms with van der Waals surface area (Å²) in [5.41, 5.74) is 9.08. The molecule has 3 rings (SSSR count). The second-order valence-corrected chi connectivity index (χ2v) is 5.77. The van der Waals surface area contributed by atoms with Crippen LogP contribution in [0.4, 0.5) is 5.69 Å². The molecule has 1 saturated carbocycles. The van der Waals surface area contributed by atoms with Crippen LogP contribution in [0.1, 0.15) is 24.8 Å². The van der Waals surface area contributed by atoms with Crippen molar-refractivity contribution < 1.29 is 0 Å². The number of nitrogens with zero attached hydrogens (tertiary/aromatic N) is 1. The molecule has 0 amide bonds. The van der Waals surface area contributed by atoms with Crippen LogP contribution in [0, 0.1) is 6.92 Å². The third-order valence-corrected chi connectivity index (χ3v) is 4.15. The number of benzene rings is 1. The van der Waals surface area contributed by atoms with Gasteiger partial charge in [-0.3, -0.25) is 4.98 Å². The number of anilines is 1. The average molecular weight is 276 g/mol. The van der Waals surface area contributed by atoms with Gasteiger partial charge in [-0.05, 0) is 49.9 Å². The maximum Gasteiger partial charge on any atom is 0.0752 e. The van der Waals surface area contributed by atoms with Crippen LogP contribution in [-0.4, -0.2) is 17.1 Å². The molecule has 0 radical (unpaired) electrons. The molecule has 2 atom stereocenters. The third kappa shape index (κ3) is 2.40. The SMILES string of the molecule is Cc1cc(Cl)c(NC2CCC(N)C2)c2cccnc12. The molecule has 2 unspecified atom stereocenters. The maximum atomic E-state index is 6.40. The van der Waals surface area contributed by atoms with E-state index in [0.717, 1.165) is 46.4 Å². The zero-order valence-electron chi connectivity index (χ0n) is 11.0. The van der Waals surface area contributed by atoms with E-state index in [1.807, 2.05) is 25.3 Å². The van der Waals surface area contributed by atoms with Crippen LogP contribution < -0.4 is 11.1 Å². The Kier molecular flexibility index (Phi) is 3.33. The number of hydrogen-bond donors (Lipinski definition) is 2. The first-order valence-corrected chi connectivity index (χ1v) is 7.09. The van der Waals surface area contributed by atoms with Gasteiger partial charge in [0, 0.05) is 23.7 Å². The molecule has 1 aliphatic carbocycles. The molecule has 3 nitrogen and oxygen atoms in total. The van der Waals surface area contributed by atoms with Crippen molar-refractivity contribution in [1.29, 1.82) is 0 Å². The smallest absolute Gasteiger partial charge is 0.0752 e. The highest BCUT2D eigenvalue weighted by Gasteiger charge is 2.23. The lowest BCUT2D eigenvalue weighted by atomic mass is 10.1. The topological polar surface area (TPSA) is 50.9 Å². The zero-order chi connectivity index (χ0) is 13.4. The van der Waals surface area contributed by atoms with Gasteiger partial charge in [0.25, 0.3) is 0 Å². The summed E-state index contributed by atoms with van der Waals surface area (Å²) >= 11 is 6.40. The summed E-state index contributed by atoms with van der Waals surface area (Å²) in [7, 11) is 0. The summed E-state index contributed by atoms with van der Waals surface area (Å²) in [6.45, 7) is 2.04. The molecule has 0 spiro atoms. The summed E-state index contributed by atoms with van der Waals surface area (Å²) in [6.07, 6.45) is 5.01. The van der Waals surface area contributed by atoms with Crippen LogP contribution in [0.15, 0.2) is 24.4 Å². The minimum Gasteiger partial charge on any atom is -0.380 e. The number of aryl methyl sites for hydroxylation is 1. The van der Waals surface area contributed by atoms with Crippen molar-refractivity contribution in [1.82, 2.24) is 4.98 Å². The molecule has 1 aromatic heterocycles. The summed E-state index contributed by atoms with van der Waals surface area (Å²) in [5, 5.41) is 5.41. The number of nitrogens with two attached hydrogens (primary N) is 1. The fourth-order valence-corrected chi connectivity index (χ4v) is 3.20. The Morgan fingerprint density at radius 3 is 3.00 bits per heavy atom. The van der Waals surface area contributed by atoms with Crippen molar-refractivity contribution in [3.05, 3.63) is 35.0 Å².